The van der Waals surface area contributed by atoms with Crippen LogP contribution in [0.1, 0.15) is 53.4 Å². The molecule has 0 aliphatic rings. The lowest BCUT2D eigenvalue weighted by Crippen LogP contribution is -2.33. The fourth-order valence-electron chi connectivity index (χ4n) is 1.61. The zero-order chi connectivity index (χ0) is 11.7. The average molecular weight is 215 g/mol. The molecule has 0 rings (SSSR count). The van der Waals surface area contributed by atoms with Crippen LogP contribution in [0.15, 0.2) is 0 Å². The fourth-order valence-corrected chi connectivity index (χ4v) is 1.61. The number of hydrogen-bond acceptors (Lipinski definition) is 2. The third-order valence-electron chi connectivity index (χ3n) is 3.10. The van der Waals surface area contributed by atoms with Crippen molar-refractivity contribution in [2.45, 2.75) is 59.5 Å². The molecular weight excluding hydrogens is 186 g/mol. The van der Waals surface area contributed by atoms with Crippen LogP contribution in [-0.4, -0.2) is 24.3 Å². The maximum atomic E-state index is 9.63. The van der Waals surface area contributed by atoms with Crippen molar-refractivity contribution in [2.24, 2.45) is 11.8 Å². The zero-order valence-corrected chi connectivity index (χ0v) is 10.9. The molecule has 0 bridgehead atoms. The van der Waals surface area contributed by atoms with Crippen molar-refractivity contribution >= 4 is 0 Å². The molecule has 0 aromatic carbocycles. The van der Waals surface area contributed by atoms with Gasteiger partial charge >= 0.3 is 0 Å². The first kappa shape index (κ1) is 14.9. The van der Waals surface area contributed by atoms with E-state index in [0.29, 0.717) is 5.92 Å². The first-order valence-electron chi connectivity index (χ1n) is 6.50. The van der Waals surface area contributed by atoms with Crippen LogP contribution in [0.2, 0.25) is 0 Å². The molecule has 2 atom stereocenters. The lowest BCUT2D eigenvalue weighted by molar-refractivity contribution is 0.122. The van der Waals surface area contributed by atoms with E-state index in [1.165, 1.54) is 25.7 Å². The van der Waals surface area contributed by atoms with Gasteiger partial charge in [0.25, 0.3) is 0 Å². The van der Waals surface area contributed by atoms with Crippen LogP contribution in [0, 0.1) is 11.8 Å². The summed E-state index contributed by atoms with van der Waals surface area (Å²) in [6, 6.07) is 0. The summed E-state index contributed by atoms with van der Waals surface area (Å²) in [4.78, 5) is 0. The van der Waals surface area contributed by atoms with Crippen molar-refractivity contribution in [2.75, 3.05) is 13.1 Å². The minimum Gasteiger partial charge on any atom is -0.392 e. The smallest absolute Gasteiger partial charge is 0.0687 e. The summed E-state index contributed by atoms with van der Waals surface area (Å²) in [6.45, 7) is 10.4. The van der Waals surface area contributed by atoms with Crippen molar-refractivity contribution in [3.63, 3.8) is 0 Å². The molecule has 0 amide bonds. The predicted molar refractivity (Wildman–Crippen MR) is 67.0 cm³/mol. The Balaban J connectivity index is 3.53. The average Bonchev–Trinajstić information content (AvgIpc) is 2.22. The third kappa shape index (κ3) is 7.80. The molecule has 0 heterocycles. The number of nitrogens with one attached hydrogen (secondary N) is 1. The molecule has 2 N–H and O–H groups in total. The molecule has 0 aliphatic carbocycles. The lowest BCUT2D eigenvalue weighted by Gasteiger charge is -2.19. The van der Waals surface area contributed by atoms with Crippen LogP contribution in [0.3, 0.4) is 0 Å². The Morgan fingerprint density at radius 1 is 1.13 bits per heavy atom. The van der Waals surface area contributed by atoms with E-state index in [-0.39, 0.29) is 6.10 Å². The van der Waals surface area contributed by atoms with Gasteiger partial charge in [0.15, 0.2) is 0 Å². The number of aliphatic hydroxyl groups is 1. The zero-order valence-electron chi connectivity index (χ0n) is 10.9. The summed E-state index contributed by atoms with van der Waals surface area (Å²) in [5.74, 6) is 1.14. The Bertz CT molecular complexity index is 136. The van der Waals surface area contributed by atoms with E-state index >= 15 is 0 Å². The van der Waals surface area contributed by atoms with Gasteiger partial charge < -0.3 is 10.4 Å². The van der Waals surface area contributed by atoms with Gasteiger partial charge in [-0.15, -0.1) is 0 Å². The maximum absolute atomic E-state index is 9.63. The lowest BCUT2D eigenvalue weighted by atomic mass is 9.99. The molecule has 15 heavy (non-hydrogen) atoms. The summed E-state index contributed by atoms with van der Waals surface area (Å²) in [7, 11) is 0. The summed E-state index contributed by atoms with van der Waals surface area (Å²) in [5, 5.41) is 13.0. The molecule has 0 radical (unpaired) electrons. The summed E-state index contributed by atoms with van der Waals surface area (Å²) in [5.41, 5.74) is 0. The largest absolute Gasteiger partial charge is 0.392 e. The summed E-state index contributed by atoms with van der Waals surface area (Å²) >= 11 is 0. The quantitative estimate of drug-likeness (QED) is 0.620. The van der Waals surface area contributed by atoms with E-state index < -0.39 is 0 Å². The second kappa shape index (κ2) is 9.17. The summed E-state index contributed by atoms with van der Waals surface area (Å²) < 4.78 is 0. The van der Waals surface area contributed by atoms with Crippen LogP contribution < -0.4 is 5.32 Å². The van der Waals surface area contributed by atoms with Gasteiger partial charge in [0.05, 0.1) is 6.10 Å². The van der Waals surface area contributed by atoms with Gasteiger partial charge in [0, 0.05) is 6.54 Å². The van der Waals surface area contributed by atoms with Crippen molar-refractivity contribution in [3.8, 4) is 0 Å². The Labute approximate surface area is 95.5 Å². The van der Waals surface area contributed by atoms with E-state index in [1.54, 1.807) is 0 Å². The van der Waals surface area contributed by atoms with Crippen LogP contribution in [0.5, 0.6) is 0 Å². The minimum absolute atomic E-state index is 0.200. The van der Waals surface area contributed by atoms with Gasteiger partial charge in [-0.3, -0.25) is 0 Å². The van der Waals surface area contributed by atoms with E-state index in [2.05, 4.69) is 33.0 Å². The first-order chi connectivity index (χ1) is 7.11. The second-order valence-electron chi connectivity index (χ2n) is 4.89. The van der Waals surface area contributed by atoms with Crippen molar-refractivity contribution in [1.29, 1.82) is 0 Å². The Hall–Kier alpha value is -0.0800. The standard InChI is InChI=1S/C13H29NO/c1-5-7-8-12(6-2)9-14-10-13(15)11(3)4/h11-15H,5-10H2,1-4H3. The van der Waals surface area contributed by atoms with E-state index in [4.69, 9.17) is 0 Å². The van der Waals surface area contributed by atoms with Gasteiger partial charge in [0.2, 0.25) is 0 Å². The molecular formula is C13H29NO. The highest BCUT2D eigenvalue weighted by Gasteiger charge is 2.10. The number of unbranched alkanes of at least 4 members (excludes halogenated alkanes) is 1. The second-order valence-corrected chi connectivity index (χ2v) is 4.89. The van der Waals surface area contributed by atoms with Gasteiger partial charge in [-0.2, -0.15) is 0 Å². The molecule has 0 aromatic rings. The predicted octanol–water partition coefficient (Wildman–Crippen LogP) is 2.81. The fraction of sp³-hybridized carbons (Fsp3) is 1.00. The number of hydrogen-bond donors (Lipinski definition) is 2. The molecule has 2 unspecified atom stereocenters. The van der Waals surface area contributed by atoms with Crippen LogP contribution in [0.4, 0.5) is 0 Å². The molecule has 0 saturated heterocycles. The topological polar surface area (TPSA) is 32.3 Å². The minimum atomic E-state index is -0.200. The van der Waals surface area contributed by atoms with Gasteiger partial charge in [-0.25, -0.2) is 0 Å². The van der Waals surface area contributed by atoms with Gasteiger partial charge in [-0.1, -0.05) is 47.0 Å². The molecule has 0 saturated carbocycles. The van der Waals surface area contributed by atoms with Crippen molar-refractivity contribution < 1.29 is 5.11 Å². The third-order valence-corrected chi connectivity index (χ3v) is 3.10. The first-order valence-corrected chi connectivity index (χ1v) is 6.50. The van der Waals surface area contributed by atoms with Crippen molar-refractivity contribution in [1.82, 2.24) is 5.32 Å². The SMILES string of the molecule is CCCCC(CC)CNCC(O)C(C)C. The number of rotatable bonds is 9. The molecule has 2 nitrogen and oxygen atoms in total. The Morgan fingerprint density at radius 2 is 1.80 bits per heavy atom. The van der Waals surface area contributed by atoms with Gasteiger partial charge in [0.1, 0.15) is 0 Å². The molecule has 0 aromatic heterocycles. The highest BCUT2D eigenvalue weighted by molar-refractivity contribution is 4.66. The normalized spacial score (nSPS) is 15.6. The molecule has 0 spiro atoms. The molecule has 0 fully saturated rings. The van der Waals surface area contributed by atoms with E-state index in [1.807, 2.05) is 0 Å². The highest BCUT2D eigenvalue weighted by Crippen LogP contribution is 2.11. The highest BCUT2D eigenvalue weighted by atomic mass is 16.3. The molecule has 0 aliphatic heterocycles. The maximum Gasteiger partial charge on any atom is 0.0687 e. The molecule has 92 valence electrons. The van der Waals surface area contributed by atoms with Crippen LogP contribution >= 0.6 is 0 Å². The van der Waals surface area contributed by atoms with Crippen LogP contribution in [-0.2, 0) is 0 Å². The van der Waals surface area contributed by atoms with Crippen LogP contribution in [0.25, 0.3) is 0 Å². The monoisotopic (exact) mass is 215 g/mol. The summed E-state index contributed by atoms with van der Waals surface area (Å²) in [6.07, 6.45) is 4.97. The van der Waals surface area contributed by atoms with E-state index in [0.717, 1.165) is 19.0 Å². The van der Waals surface area contributed by atoms with Crippen molar-refractivity contribution in [3.05, 3.63) is 0 Å². The number of aliphatic hydroxyl groups excluding tert-OH is 1. The molecule has 2 heteroatoms. The Kier molecular flexibility index (Phi) is 9.12. The van der Waals surface area contributed by atoms with Gasteiger partial charge in [-0.05, 0) is 24.8 Å². The Morgan fingerprint density at radius 3 is 2.27 bits per heavy atom. The van der Waals surface area contributed by atoms with E-state index in [9.17, 15) is 5.11 Å².